The van der Waals surface area contributed by atoms with Crippen LogP contribution in [0.4, 0.5) is 0 Å². The Morgan fingerprint density at radius 1 is 1.18 bits per heavy atom. The molecule has 0 spiro atoms. The van der Waals surface area contributed by atoms with Crippen LogP contribution in [0.15, 0.2) is 42.5 Å². The second kappa shape index (κ2) is 5.89. The van der Waals surface area contributed by atoms with E-state index in [0.29, 0.717) is 17.9 Å². The number of ketones is 1. The molecule has 0 unspecified atom stereocenters. The van der Waals surface area contributed by atoms with Gasteiger partial charge in [-0.15, -0.1) is 0 Å². The fourth-order valence-electron chi connectivity index (χ4n) is 2.38. The third-order valence-corrected chi connectivity index (χ3v) is 3.52. The maximum atomic E-state index is 12.2. The molecule has 5 heteroatoms. The Hall–Kier alpha value is -2.82. The second-order valence-electron chi connectivity index (χ2n) is 4.99. The van der Waals surface area contributed by atoms with Gasteiger partial charge in [0.1, 0.15) is 11.5 Å². The van der Waals surface area contributed by atoms with Crippen LogP contribution in [0.3, 0.4) is 0 Å². The Kier molecular flexibility index (Phi) is 3.78. The quantitative estimate of drug-likeness (QED) is 0.856. The highest BCUT2D eigenvalue weighted by atomic mass is 16.5. The van der Waals surface area contributed by atoms with Crippen LogP contribution >= 0.6 is 0 Å². The van der Waals surface area contributed by atoms with Crippen molar-refractivity contribution in [2.24, 2.45) is 5.73 Å². The summed E-state index contributed by atoms with van der Waals surface area (Å²) in [7, 11) is 0. The lowest BCUT2D eigenvalue weighted by Crippen LogP contribution is -2.16. The van der Waals surface area contributed by atoms with Crippen molar-refractivity contribution in [3.63, 3.8) is 0 Å². The average Bonchev–Trinajstić information content (AvgIpc) is 3.00. The van der Waals surface area contributed by atoms with E-state index in [2.05, 4.69) is 0 Å². The molecule has 1 aliphatic heterocycles. The van der Waals surface area contributed by atoms with Gasteiger partial charge in [-0.2, -0.15) is 0 Å². The Bertz CT molecular complexity index is 739. The van der Waals surface area contributed by atoms with E-state index >= 15 is 0 Å². The van der Waals surface area contributed by atoms with Crippen molar-refractivity contribution in [2.45, 2.75) is 6.42 Å². The Labute approximate surface area is 127 Å². The first-order valence-corrected chi connectivity index (χ1v) is 6.96. The smallest absolute Gasteiger partial charge is 0.252 e. The van der Waals surface area contributed by atoms with E-state index in [0.717, 1.165) is 17.7 Å². The molecule has 0 aromatic heterocycles. The minimum Gasteiger partial charge on any atom is -0.493 e. The number of carbonyl (C=O) groups is 2. The zero-order valence-electron chi connectivity index (χ0n) is 11.9. The van der Waals surface area contributed by atoms with Gasteiger partial charge in [0.15, 0.2) is 12.4 Å². The van der Waals surface area contributed by atoms with Crippen molar-refractivity contribution in [1.29, 1.82) is 0 Å². The number of ether oxygens (including phenoxy) is 2. The first kappa shape index (κ1) is 14.1. The third kappa shape index (κ3) is 2.79. The lowest BCUT2D eigenvalue weighted by Gasteiger charge is -2.09. The molecule has 22 heavy (non-hydrogen) atoms. The summed E-state index contributed by atoms with van der Waals surface area (Å²) in [5.74, 6) is 0.399. The van der Waals surface area contributed by atoms with Gasteiger partial charge in [-0.05, 0) is 35.9 Å². The van der Waals surface area contributed by atoms with Crippen molar-refractivity contribution in [3.05, 3.63) is 59.2 Å². The number of nitrogens with two attached hydrogens (primary N) is 1. The number of para-hydroxylation sites is 1. The number of primary amides is 1. The molecule has 1 heterocycles. The summed E-state index contributed by atoms with van der Waals surface area (Å²) in [5.41, 5.74) is 7.14. The van der Waals surface area contributed by atoms with Gasteiger partial charge in [0.05, 0.1) is 12.2 Å². The van der Waals surface area contributed by atoms with Gasteiger partial charge in [-0.3, -0.25) is 9.59 Å². The predicted octanol–water partition coefficient (Wildman–Crippen LogP) is 1.98. The zero-order valence-corrected chi connectivity index (χ0v) is 11.9. The number of Topliss-reactive ketones (excluding diaryl/α,β-unsaturated/α-hetero) is 1. The van der Waals surface area contributed by atoms with Crippen LogP contribution in [-0.2, 0) is 6.42 Å². The standard InChI is InChI=1S/C17H15NO4/c18-17(20)13-3-1-2-4-16(13)22-10-14(19)11-5-6-15-12(9-11)7-8-21-15/h1-6,9H,7-8,10H2,(H2,18,20). The van der Waals surface area contributed by atoms with Gasteiger partial charge in [0.2, 0.25) is 0 Å². The average molecular weight is 297 g/mol. The first-order chi connectivity index (χ1) is 10.6. The highest BCUT2D eigenvalue weighted by Crippen LogP contribution is 2.26. The highest BCUT2D eigenvalue weighted by molar-refractivity contribution is 5.98. The number of hydrogen-bond acceptors (Lipinski definition) is 4. The van der Waals surface area contributed by atoms with Gasteiger partial charge < -0.3 is 15.2 Å². The summed E-state index contributed by atoms with van der Waals surface area (Å²) in [5, 5.41) is 0. The molecular weight excluding hydrogens is 282 g/mol. The van der Waals surface area contributed by atoms with Gasteiger partial charge in [-0.1, -0.05) is 12.1 Å². The van der Waals surface area contributed by atoms with E-state index in [-0.39, 0.29) is 18.0 Å². The summed E-state index contributed by atoms with van der Waals surface area (Å²) >= 11 is 0. The van der Waals surface area contributed by atoms with Crippen LogP contribution in [0.2, 0.25) is 0 Å². The largest absolute Gasteiger partial charge is 0.493 e. The third-order valence-electron chi connectivity index (χ3n) is 3.52. The molecule has 0 saturated heterocycles. The number of rotatable bonds is 5. The van der Waals surface area contributed by atoms with Crippen LogP contribution in [-0.4, -0.2) is 24.9 Å². The summed E-state index contributed by atoms with van der Waals surface area (Å²) in [6.07, 6.45) is 0.807. The molecule has 0 saturated carbocycles. The Morgan fingerprint density at radius 3 is 2.82 bits per heavy atom. The molecule has 0 radical (unpaired) electrons. The van der Waals surface area contributed by atoms with E-state index < -0.39 is 5.91 Å². The molecule has 5 nitrogen and oxygen atoms in total. The molecule has 0 atom stereocenters. The predicted molar refractivity (Wildman–Crippen MR) is 80.4 cm³/mol. The number of hydrogen-bond donors (Lipinski definition) is 1. The van der Waals surface area contributed by atoms with Crippen molar-refractivity contribution < 1.29 is 19.1 Å². The summed E-state index contributed by atoms with van der Waals surface area (Å²) in [6, 6.07) is 11.9. The fourth-order valence-corrected chi connectivity index (χ4v) is 2.38. The highest BCUT2D eigenvalue weighted by Gasteiger charge is 2.16. The maximum Gasteiger partial charge on any atom is 0.252 e. The SMILES string of the molecule is NC(=O)c1ccccc1OCC(=O)c1ccc2c(c1)CCO2. The summed E-state index contributed by atoms with van der Waals surface area (Å²) < 4.78 is 10.9. The number of benzene rings is 2. The molecule has 2 N–H and O–H groups in total. The second-order valence-corrected chi connectivity index (χ2v) is 4.99. The van der Waals surface area contributed by atoms with Gasteiger partial charge in [0, 0.05) is 12.0 Å². The molecule has 3 rings (SSSR count). The monoisotopic (exact) mass is 297 g/mol. The first-order valence-electron chi connectivity index (χ1n) is 6.96. The van der Waals surface area contributed by atoms with Crippen LogP contribution in [0.5, 0.6) is 11.5 Å². The minimum absolute atomic E-state index is 0.149. The summed E-state index contributed by atoms with van der Waals surface area (Å²) in [4.78, 5) is 23.5. The molecule has 1 amide bonds. The molecule has 2 aromatic carbocycles. The van der Waals surface area contributed by atoms with Gasteiger partial charge in [-0.25, -0.2) is 0 Å². The van der Waals surface area contributed by atoms with Crippen molar-refractivity contribution in [2.75, 3.05) is 13.2 Å². The molecule has 1 aliphatic rings. The van der Waals surface area contributed by atoms with Crippen LogP contribution in [0.1, 0.15) is 26.3 Å². The fraction of sp³-hybridized carbons (Fsp3) is 0.176. The van der Waals surface area contributed by atoms with Crippen LogP contribution in [0.25, 0.3) is 0 Å². The lowest BCUT2D eigenvalue weighted by atomic mass is 10.1. The molecule has 0 bridgehead atoms. The van der Waals surface area contributed by atoms with E-state index in [1.807, 2.05) is 6.07 Å². The Balaban J connectivity index is 1.72. The van der Waals surface area contributed by atoms with E-state index in [1.54, 1.807) is 36.4 Å². The van der Waals surface area contributed by atoms with Crippen LogP contribution < -0.4 is 15.2 Å². The molecule has 112 valence electrons. The zero-order chi connectivity index (χ0) is 15.5. The van der Waals surface area contributed by atoms with Crippen molar-refractivity contribution in [1.82, 2.24) is 0 Å². The molecule has 0 fully saturated rings. The maximum absolute atomic E-state index is 12.2. The van der Waals surface area contributed by atoms with Gasteiger partial charge >= 0.3 is 0 Å². The normalized spacial score (nSPS) is 12.4. The van der Waals surface area contributed by atoms with E-state index in [9.17, 15) is 9.59 Å². The molecule has 2 aromatic rings. The van der Waals surface area contributed by atoms with Gasteiger partial charge in [0.25, 0.3) is 5.91 Å². The number of carbonyl (C=O) groups excluding carboxylic acids is 2. The summed E-state index contributed by atoms with van der Waals surface area (Å²) in [6.45, 7) is 0.499. The topological polar surface area (TPSA) is 78.6 Å². The Morgan fingerprint density at radius 2 is 2.00 bits per heavy atom. The molecule has 0 aliphatic carbocycles. The van der Waals surface area contributed by atoms with E-state index in [4.69, 9.17) is 15.2 Å². The number of fused-ring (bicyclic) bond motifs is 1. The lowest BCUT2D eigenvalue weighted by molar-refractivity contribution is 0.0912. The van der Waals surface area contributed by atoms with Crippen molar-refractivity contribution in [3.8, 4) is 11.5 Å². The van der Waals surface area contributed by atoms with E-state index in [1.165, 1.54) is 0 Å². The number of amides is 1. The minimum atomic E-state index is -0.585. The van der Waals surface area contributed by atoms with Crippen LogP contribution in [0, 0.1) is 0 Å². The van der Waals surface area contributed by atoms with Crippen molar-refractivity contribution >= 4 is 11.7 Å². The molecular formula is C17H15NO4.